The summed E-state index contributed by atoms with van der Waals surface area (Å²) < 4.78 is 0. The molecule has 2 rings (SSSR count). The fourth-order valence-corrected chi connectivity index (χ4v) is 4.00. The molecule has 0 bridgehead atoms. The van der Waals surface area contributed by atoms with Gasteiger partial charge in [-0.2, -0.15) is 0 Å². The Kier molecular flexibility index (Phi) is 4.64. The number of thiazole rings is 1. The highest BCUT2D eigenvalue weighted by molar-refractivity contribution is 7.09. The largest absolute Gasteiger partial charge is 0.391 e. The van der Waals surface area contributed by atoms with E-state index in [-0.39, 0.29) is 11.6 Å². The molecule has 0 aromatic carbocycles. The minimum absolute atomic E-state index is 0.0634. The molecule has 0 saturated heterocycles. The Morgan fingerprint density at radius 2 is 2.11 bits per heavy atom. The van der Waals surface area contributed by atoms with Crippen LogP contribution < -0.4 is 0 Å². The van der Waals surface area contributed by atoms with E-state index in [4.69, 9.17) is 0 Å². The van der Waals surface area contributed by atoms with Gasteiger partial charge in [-0.15, -0.1) is 11.3 Å². The minimum Gasteiger partial charge on any atom is -0.391 e. The first-order chi connectivity index (χ1) is 8.94. The van der Waals surface area contributed by atoms with Crippen molar-refractivity contribution in [1.29, 1.82) is 0 Å². The summed E-state index contributed by atoms with van der Waals surface area (Å²) in [5.74, 6) is 0.794. The maximum Gasteiger partial charge on any atom is 0.0954 e. The molecule has 0 aliphatic heterocycles. The van der Waals surface area contributed by atoms with Crippen molar-refractivity contribution in [2.45, 2.75) is 57.6 Å². The van der Waals surface area contributed by atoms with Crippen LogP contribution in [0.5, 0.6) is 0 Å². The van der Waals surface area contributed by atoms with Crippen molar-refractivity contribution in [3.8, 4) is 0 Å². The molecule has 1 unspecified atom stereocenters. The average molecular weight is 282 g/mol. The maximum atomic E-state index is 10.8. The molecule has 1 atom stereocenters. The fourth-order valence-electron chi connectivity index (χ4n) is 3.19. The van der Waals surface area contributed by atoms with Gasteiger partial charge in [0.15, 0.2) is 0 Å². The van der Waals surface area contributed by atoms with Gasteiger partial charge in [-0.1, -0.05) is 6.92 Å². The first-order valence-corrected chi connectivity index (χ1v) is 8.08. The van der Waals surface area contributed by atoms with Gasteiger partial charge in [0.25, 0.3) is 0 Å². The van der Waals surface area contributed by atoms with Gasteiger partial charge in [-0.05, 0) is 52.6 Å². The van der Waals surface area contributed by atoms with Gasteiger partial charge >= 0.3 is 0 Å². The third kappa shape index (κ3) is 3.18. The van der Waals surface area contributed by atoms with Crippen molar-refractivity contribution < 1.29 is 5.11 Å². The Balaban J connectivity index is 2.10. The molecule has 0 amide bonds. The fraction of sp³-hybridized carbons (Fsp3) is 0.800. The average Bonchev–Trinajstić information content (AvgIpc) is 2.75. The summed E-state index contributed by atoms with van der Waals surface area (Å²) in [7, 11) is 4.21. The number of aromatic nitrogens is 1. The third-order valence-electron chi connectivity index (χ3n) is 4.69. The summed E-state index contributed by atoms with van der Waals surface area (Å²) in [4.78, 5) is 6.73. The number of aliphatic hydroxyl groups is 1. The number of aryl methyl sites for hydroxylation is 1. The summed E-state index contributed by atoms with van der Waals surface area (Å²) in [6, 6.07) is 0. The van der Waals surface area contributed by atoms with E-state index in [1.807, 2.05) is 6.92 Å². The zero-order chi connectivity index (χ0) is 14.0. The van der Waals surface area contributed by atoms with Crippen molar-refractivity contribution >= 4 is 11.3 Å². The van der Waals surface area contributed by atoms with E-state index in [9.17, 15) is 5.11 Å². The van der Waals surface area contributed by atoms with Crippen LogP contribution in [-0.4, -0.2) is 40.7 Å². The van der Waals surface area contributed by atoms with Gasteiger partial charge in [0.1, 0.15) is 0 Å². The van der Waals surface area contributed by atoms with Crippen LogP contribution in [0.1, 0.15) is 43.3 Å². The summed E-state index contributed by atoms with van der Waals surface area (Å²) >= 11 is 1.66. The standard InChI is InChI=1S/C15H26N2OS/c1-11-5-7-15(8-6-11,17(3)4)13(18)9-14-16-12(2)10-19-14/h10-11,13,18H,5-9H2,1-4H3. The Morgan fingerprint density at radius 1 is 1.47 bits per heavy atom. The molecule has 0 spiro atoms. The first-order valence-electron chi connectivity index (χ1n) is 7.20. The number of hydrogen-bond acceptors (Lipinski definition) is 4. The number of aliphatic hydroxyl groups excluding tert-OH is 1. The zero-order valence-electron chi connectivity index (χ0n) is 12.5. The highest BCUT2D eigenvalue weighted by Crippen LogP contribution is 2.38. The molecule has 1 saturated carbocycles. The van der Waals surface area contributed by atoms with Crippen molar-refractivity contribution in [3.63, 3.8) is 0 Å². The second-order valence-electron chi connectivity index (χ2n) is 6.28. The summed E-state index contributed by atoms with van der Waals surface area (Å²) in [6.45, 7) is 4.33. The summed E-state index contributed by atoms with van der Waals surface area (Å²) in [5.41, 5.74) is 0.995. The van der Waals surface area contributed by atoms with Crippen LogP contribution >= 0.6 is 11.3 Å². The van der Waals surface area contributed by atoms with Gasteiger partial charge < -0.3 is 10.0 Å². The van der Waals surface area contributed by atoms with Crippen LogP contribution in [0.2, 0.25) is 0 Å². The molecule has 108 valence electrons. The van der Waals surface area contributed by atoms with Gasteiger partial charge in [-0.3, -0.25) is 0 Å². The number of likely N-dealkylation sites (N-methyl/N-ethyl adjacent to an activating group) is 1. The predicted octanol–water partition coefficient (Wildman–Crippen LogP) is 2.87. The first kappa shape index (κ1) is 14.9. The molecule has 3 nitrogen and oxygen atoms in total. The highest BCUT2D eigenvalue weighted by Gasteiger charge is 2.42. The molecule has 1 aromatic rings. The maximum absolute atomic E-state index is 10.8. The summed E-state index contributed by atoms with van der Waals surface area (Å²) in [6.07, 6.45) is 4.98. The lowest BCUT2D eigenvalue weighted by Crippen LogP contribution is -2.56. The van der Waals surface area contributed by atoms with Gasteiger partial charge in [0, 0.05) is 23.0 Å². The van der Waals surface area contributed by atoms with Crippen LogP contribution in [0.25, 0.3) is 0 Å². The lowest BCUT2D eigenvalue weighted by Gasteiger charge is -2.47. The highest BCUT2D eigenvalue weighted by atomic mass is 32.1. The molecule has 4 heteroatoms. The molecule has 1 aliphatic rings. The van der Waals surface area contributed by atoms with E-state index >= 15 is 0 Å². The predicted molar refractivity (Wildman–Crippen MR) is 80.6 cm³/mol. The molecule has 19 heavy (non-hydrogen) atoms. The van der Waals surface area contributed by atoms with Crippen LogP contribution in [-0.2, 0) is 6.42 Å². The number of nitrogens with zero attached hydrogens (tertiary/aromatic N) is 2. The van der Waals surface area contributed by atoms with Gasteiger partial charge in [0.2, 0.25) is 0 Å². The van der Waals surface area contributed by atoms with Crippen molar-refractivity contribution in [3.05, 3.63) is 16.1 Å². The minimum atomic E-state index is -0.319. The van der Waals surface area contributed by atoms with Crippen LogP contribution in [0.15, 0.2) is 5.38 Å². The SMILES string of the molecule is Cc1csc(CC(O)C2(N(C)C)CCC(C)CC2)n1. The van der Waals surface area contributed by atoms with Gasteiger partial charge in [-0.25, -0.2) is 4.98 Å². The van der Waals surface area contributed by atoms with E-state index in [0.717, 1.165) is 29.5 Å². The van der Waals surface area contributed by atoms with E-state index in [0.29, 0.717) is 6.42 Å². The van der Waals surface area contributed by atoms with Crippen molar-refractivity contribution in [2.75, 3.05) is 14.1 Å². The van der Waals surface area contributed by atoms with Crippen molar-refractivity contribution in [2.24, 2.45) is 5.92 Å². The number of hydrogen-bond donors (Lipinski definition) is 1. The van der Waals surface area contributed by atoms with E-state index < -0.39 is 0 Å². The smallest absolute Gasteiger partial charge is 0.0954 e. The van der Waals surface area contributed by atoms with E-state index in [1.165, 1.54) is 12.8 Å². The lowest BCUT2D eigenvalue weighted by molar-refractivity contribution is -0.0382. The molecule has 1 fully saturated rings. The lowest BCUT2D eigenvalue weighted by atomic mass is 9.72. The van der Waals surface area contributed by atoms with Crippen LogP contribution in [0, 0.1) is 12.8 Å². The van der Waals surface area contributed by atoms with Crippen LogP contribution in [0.4, 0.5) is 0 Å². The second kappa shape index (κ2) is 5.90. The molecule has 1 aliphatic carbocycles. The second-order valence-corrected chi connectivity index (χ2v) is 7.23. The quantitative estimate of drug-likeness (QED) is 0.922. The Bertz CT molecular complexity index is 408. The Morgan fingerprint density at radius 3 is 2.58 bits per heavy atom. The van der Waals surface area contributed by atoms with Crippen LogP contribution in [0.3, 0.4) is 0 Å². The molecule has 1 aromatic heterocycles. The third-order valence-corrected chi connectivity index (χ3v) is 5.67. The number of rotatable bonds is 4. The zero-order valence-corrected chi connectivity index (χ0v) is 13.3. The summed E-state index contributed by atoms with van der Waals surface area (Å²) in [5, 5.41) is 13.9. The van der Waals surface area contributed by atoms with E-state index in [2.05, 4.69) is 36.3 Å². The van der Waals surface area contributed by atoms with Crippen molar-refractivity contribution in [1.82, 2.24) is 9.88 Å². The molecular formula is C15H26N2OS. The monoisotopic (exact) mass is 282 g/mol. The van der Waals surface area contributed by atoms with Gasteiger partial charge in [0.05, 0.1) is 11.1 Å². The normalized spacial score (nSPS) is 29.7. The Labute approximate surface area is 120 Å². The Hall–Kier alpha value is -0.450. The van der Waals surface area contributed by atoms with E-state index in [1.54, 1.807) is 11.3 Å². The molecule has 1 heterocycles. The molecule has 0 radical (unpaired) electrons. The topological polar surface area (TPSA) is 36.4 Å². The molecular weight excluding hydrogens is 256 g/mol. The molecule has 1 N–H and O–H groups in total.